The Morgan fingerprint density at radius 1 is 1.09 bits per heavy atom. The highest BCUT2D eigenvalue weighted by molar-refractivity contribution is 5.94. The smallest absolute Gasteiger partial charge is 0.326 e. The molecule has 1 aromatic carbocycles. The fourth-order valence-electron chi connectivity index (χ4n) is 3.64. The van der Waals surface area contributed by atoms with Crippen LogP contribution in [-0.4, -0.2) is 84.0 Å². The van der Waals surface area contributed by atoms with Crippen LogP contribution in [0.2, 0.25) is 0 Å². The molecule has 1 aliphatic rings. The Balaban J connectivity index is 2.12. The van der Waals surface area contributed by atoms with E-state index in [0.29, 0.717) is 5.75 Å². The van der Waals surface area contributed by atoms with Crippen molar-refractivity contribution in [3.05, 3.63) is 29.8 Å². The van der Waals surface area contributed by atoms with Gasteiger partial charge in [0.05, 0.1) is 19.6 Å². The van der Waals surface area contributed by atoms with Gasteiger partial charge < -0.3 is 29.7 Å². The zero-order valence-corrected chi connectivity index (χ0v) is 20.7. The predicted octanol–water partition coefficient (Wildman–Crippen LogP) is 0.426. The Hall–Kier alpha value is -3.47. The maximum Gasteiger partial charge on any atom is 0.326 e. The first-order valence-electron chi connectivity index (χ1n) is 11.2. The van der Waals surface area contributed by atoms with Crippen molar-refractivity contribution in [2.75, 3.05) is 26.7 Å². The van der Waals surface area contributed by atoms with Crippen LogP contribution in [0.4, 0.5) is 0 Å². The average Bonchev–Trinajstić information content (AvgIpc) is 2.75. The van der Waals surface area contributed by atoms with Gasteiger partial charge in [0.15, 0.2) is 0 Å². The first-order valence-corrected chi connectivity index (χ1v) is 11.2. The number of carbonyl (C=O) groups is 5. The third-order valence-electron chi connectivity index (χ3n) is 5.15. The SMILES string of the molecule is COC(=O)C[C@H]1C(=O)N(CC(=O)OC(C)(C)C)CCN1C(=O)[C@@H](N)Cc1ccc(OC(C)=O)cc1. The molecule has 11 heteroatoms. The maximum absolute atomic E-state index is 13.2. The highest BCUT2D eigenvalue weighted by Gasteiger charge is 2.41. The Bertz CT molecular complexity index is 955. The molecule has 11 nitrogen and oxygen atoms in total. The van der Waals surface area contributed by atoms with Gasteiger partial charge in [0, 0.05) is 20.0 Å². The van der Waals surface area contributed by atoms with Gasteiger partial charge in [0.1, 0.15) is 23.9 Å². The molecule has 192 valence electrons. The minimum absolute atomic E-state index is 0.0886. The Morgan fingerprint density at radius 2 is 1.71 bits per heavy atom. The number of hydrogen-bond donors (Lipinski definition) is 1. The van der Waals surface area contributed by atoms with Gasteiger partial charge in [-0.1, -0.05) is 12.1 Å². The number of methoxy groups -OCH3 is 1. The third kappa shape index (κ3) is 8.36. The van der Waals surface area contributed by atoms with Crippen LogP contribution in [0.25, 0.3) is 0 Å². The van der Waals surface area contributed by atoms with E-state index in [4.69, 9.17) is 19.9 Å². The lowest BCUT2D eigenvalue weighted by Crippen LogP contribution is -2.62. The van der Waals surface area contributed by atoms with Gasteiger partial charge in [0.25, 0.3) is 0 Å². The van der Waals surface area contributed by atoms with E-state index < -0.39 is 47.4 Å². The third-order valence-corrected chi connectivity index (χ3v) is 5.15. The average molecular weight is 492 g/mol. The van der Waals surface area contributed by atoms with E-state index in [2.05, 4.69) is 0 Å². The largest absolute Gasteiger partial charge is 0.469 e. The molecule has 0 unspecified atom stereocenters. The maximum atomic E-state index is 13.2. The number of esters is 3. The highest BCUT2D eigenvalue weighted by atomic mass is 16.6. The fourth-order valence-corrected chi connectivity index (χ4v) is 3.64. The summed E-state index contributed by atoms with van der Waals surface area (Å²) in [7, 11) is 1.19. The van der Waals surface area contributed by atoms with Gasteiger partial charge in [0.2, 0.25) is 11.8 Å². The number of benzene rings is 1. The van der Waals surface area contributed by atoms with Gasteiger partial charge in [-0.05, 0) is 44.9 Å². The van der Waals surface area contributed by atoms with Crippen LogP contribution >= 0.6 is 0 Å². The topological polar surface area (TPSA) is 146 Å². The number of nitrogens with zero attached hydrogens (tertiary/aromatic N) is 2. The molecule has 2 N–H and O–H groups in total. The van der Waals surface area contributed by atoms with E-state index >= 15 is 0 Å². The lowest BCUT2D eigenvalue weighted by atomic mass is 10.0. The molecule has 2 rings (SSSR count). The van der Waals surface area contributed by atoms with Gasteiger partial charge in [-0.25, -0.2) is 0 Å². The molecule has 0 aromatic heterocycles. The molecule has 0 bridgehead atoms. The zero-order chi connectivity index (χ0) is 26.3. The summed E-state index contributed by atoms with van der Waals surface area (Å²) >= 11 is 0. The van der Waals surface area contributed by atoms with Gasteiger partial charge in [-0.2, -0.15) is 0 Å². The summed E-state index contributed by atoms with van der Waals surface area (Å²) in [4.78, 5) is 64.1. The molecule has 1 saturated heterocycles. The molecule has 1 heterocycles. The van der Waals surface area contributed by atoms with Crippen molar-refractivity contribution in [1.82, 2.24) is 9.80 Å². The summed E-state index contributed by atoms with van der Waals surface area (Å²) in [5.74, 6) is -2.40. The molecular weight excluding hydrogens is 458 g/mol. The van der Waals surface area contributed by atoms with Crippen LogP contribution in [-0.2, 0) is 39.9 Å². The molecule has 0 aliphatic carbocycles. The molecule has 1 aromatic rings. The summed E-state index contributed by atoms with van der Waals surface area (Å²) in [6.07, 6.45) is -0.202. The summed E-state index contributed by atoms with van der Waals surface area (Å²) in [6, 6.07) is 4.41. The van der Waals surface area contributed by atoms with Crippen molar-refractivity contribution in [3.8, 4) is 5.75 Å². The van der Waals surface area contributed by atoms with Crippen molar-refractivity contribution in [2.45, 2.75) is 58.2 Å². The number of amides is 2. The van der Waals surface area contributed by atoms with Gasteiger partial charge in [-0.3, -0.25) is 24.0 Å². The zero-order valence-electron chi connectivity index (χ0n) is 20.7. The fraction of sp³-hybridized carbons (Fsp3) is 0.542. The highest BCUT2D eigenvalue weighted by Crippen LogP contribution is 2.19. The second-order valence-electron chi connectivity index (χ2n) is 9.22. The van der Waals surface area contributed by atoms with Gasteiger partial charge in [-0.15, -0.1) is 0 Å². The molecule has 0 radical (unpaired) electrons. The van der Waals surface area contributed by atoms with Crippen LogP contribution in [0.5, 0.6) is 5.75 Å². The van der Waals surface area contributed by atoms with E-state index in [9.17, 15) is 24.0 Å². The normalized spacial score (nSPS) is 17.0. The monoisotopic (exact) mass is 491 g/mol. The van der Waals surface area contributed by atoms with Crippen LogP contribution in [0, 0.1) is 0 Å². The summed E-state index contributed by atoms with van der Waals surface area (Å²) in [5.41, 5.74) is 6.17. The minimum atomic E-state index is -1.15. The van der Waals surface area contributed by atoms with E-state index in [0.717, 1.165) is 5.56 Å². The van der Waals surface area contributed by atoms with E-state index in [1.807, 2.05) is 0 Å². The molecule has 2 amide bonds. The second kappa shape index (κ2) is 11.8. The van der Waals surface area contributed by atoms with E-state index in [1.165, 1.54) is 23.8 Å². The van der Waals surface area contributed by atoms with Crippen molar-refractivity contribution in [3.63, 3.8) is 0 Å². The van der Waals surface area contributed by atoms with E-state index in [-0.39, 0.29) is 32.5 Å². The second-order valence-corrected chi connectivity index (χ2v) is 9.22. The number of ether oxygens (including phenoxy) is 3. The predicted molar refractivity (Wildman–Crippen MR) is 124 cm³/mol. The number of nitrogens with two attached hydrogens (primary N) is 1. The molecule has 1 aliphatic heterocycles. The number of hydrogen-bond acceptors (Lipinski definition) is 9. The van der Waals surface area contributed by atoms with E-state index in [1.54, 1.807) is 45.0 Å². The molecule has 35 heavy (non-hydrogen) atoms. The number of rotatable bonds is 8. The first-order chi connectivity index (χ1) is 16.3. The first kappa shape index (κ1) is 27.8. The van der Waals surface area contributed by atoms with Crippen LogP contribution in [0.1, 0.15) is 39.7 Å². The van der Waals surface area contributed by atoms with Gasteiger partial charge >= 0.3 is 17.9 Å². The Morgan fingerprint density at radius 3 is 2.26 bits per heavy atom. The standard InChI is InChI=1S/C24H33N3O8/c1-15(28)34-17-8-6-16(7-9-17)12-18(25)22(31)27-11-10-26(14-21(30)35-24(2,3)4)23(32)19(27)13-20(29)33-5/h6-9,18-19H,10-14,25H2,1-5H3/t18-,19-/m0/s1. The van der Waals surface area contributed by atoms with Crippen LogP contribution < -0.4 is 10.5 Å². The molecule has 1 fully saturated rings. The molecule has 2 atom stereocenters. The molecule has 0 spiro atoms. The molecule has 0 saturated carbocycles. The Labute approximate surface area is 204 Å². The number of carbonyl (C=O) groups excluding carboxylic acids is 5. The van der Waals surface area contributed by atoms with Crippen LogP contribution in [0.3, 0.4) is 0 Å². The Kier molecular flexibility index (Phi) is 9.35. The molecular formula is C24H33N3O8. The lowest BCUT2D eigenvalue weighted by molar-refractivity contribution is -0.164. The summed E-state index contributed by atoms with van der Waals surface area (Å²) in [6.45, 7) is 6.33. The quantitative estimate of drug-likeness (QED) is 0.404. The lowest BCUT2D eigenvalue weighted by Gasteiger charge is -2.41. The van der Waals surface area contributed by atoms with Crippen molar-refractivity contribution in [1.29, 1.82) is 0 Å². The van der Waals surface area contributed by atoms with Crippen molar-refractivity contribution >= 4 is 29.7 Å². The van der Waals surface area contributed by atoms with Crippen molar-refractivity contribution in [2.24, 2.45) is 5.73 Å². The number of piperazine rings is 1. The summed E-state index contributed by atoms with van der Waals surface area (Å²) in [5, 5.41) is 0. The van der Waals surface area contributed by atoms with Crippen LogP contribution in [0.15, 0.2) is 24.3 Å². The van der Waals surface area contributed by atoms with Crippen molar-refractivity contribution < 1.29 is 38.2 Å². The minimum Gasteiger partial charge on any atom is -0.469 e. The summed E-state index contributed by atoms with van der Waals surface area (Å²) < 4.78 is 15.0.